The van der Waals surface area contributed by atoms with Gasteiger partial charge in [0.1, 0.15) is 5.75 Å². The van der Waals surface area contributed by atoms with Crippen LogP contribution >= 0.6 is 0 Å². The van der Waals surface area contributed by atoms with Gasteiger partial charge in [0.25, 0.3) is 5.91 Å². The van der Waals surface area contributed by atoms with Crippen molar-refractivity contribution in [3.8, 4) is 5.75 Å². The van der Waals surface area contributed by atoms with Crippen molar-refractivity contribution in [3.05, 3.63) is 29.3 Å². The minimum atomic E-state index is -0.380. The fourth-order valence-corrected chi connectivity index (χ4v) is 2.88. The number of hydrogen-bond acceptors (Lipinski definition) is 3. The number of nitrogens with zero attached hydrogens (tertiary/aromatic N) is 2. The summed E-state index contributed by atoms with van der Waals surface area (Å²) >= 11 is 0. The Hall–Kier alpha value is -1.55. The van der Waals surface area contributed by atoms with Crippen LogP contribution in [-0.2, 0) is 4.79 Å². The molecule has 2 rings (SSSR count). The van der Waals surface area contributed by atoms with Crippen molar-refractivity contribution < 1.29 is 9.53 Å². The number of hydrogen-bond donors (Lipinski definition) is 0. The smallest absolute Gasteiger partial charge is 0.263 e. The number of likely N-dealkylation sites (N-methyl/N-ethyl adjacent to an activating group) is 1. The van der Waals surface area contributed by atoms with Gasteiger partial charge < -0.3 is 14.5 Å². The van der Waals surface area contributed by atoms with E-state index in [1.165, 1.54) is 5.56 Å². The molecule has 0 aromatic heterocycles. The van der Waals surface area contributed by atoms with Crippen LogP contribution in [0.3, 0.4) is 0 Å². The van der Waals surface area contributed by atoms with Gasteiger partial charge in [-0.05, 0) is 38.4 Å². The first-order valence-electron chi connectivity index (χ1n) is 8.30. The summed E-state index contributed by atoms with van der Waals surface area (Å²) in [5, 5.41) is 0. The number of aryl methyl sites for hydroxylation is 2. The quantitative estimate of drug-likeness (QED) is 0.838. The lowest BCUT2D eigenvalue weighted by molar-refractivity contribution is -0.140. The van der Waals surface area contributed by atoms with Crippen molar-refractivity contribution in [1.29, 1.82) is 0 Å². The van der Waals surface area contributed by atoms with Gasteiger partial charge in [0.2, 0.25) is 0 Å². The first-order valence-corrected chi connectivity index (χ1v) is 8.30. The summed E-state index contributed by atoms with van der Waals surface area (Å²) in [7, 11) is 0. The van der Waals surface area contributed by atoms with Crippen molar-refractivity contribution in [2.75, 3.05) is 32.7 Å². The molecule has 0 radical (unpaired) electrons. The van der Waals surface area contributed by atoms with E-state index in [4.69, 9.17) is 4.74 Å². The van der Waals surface area contributed by atoms with Crippen molar-refractivity contribution in [1.82, 2.24) is 9.80 Å². The molecular formula is C18H28N2O2. The summed E-state index contributed by atoms with van der Waals surface area (Å²) in [6.07, 6.45) is 0.315. The van der Waals surface area contributed by atoms with E-state index in [9.17, 15) is 4.79 Å². The first kappa shape index (κ1) is 16.8. The van der Waals surface area contributed by atoms with Crippen molar-refractivity contribution in [2.45, 2.75) is 40.2 Å². The lowest BCUT2D eigenvalue weighted by atomic mass is 10.1. The van der Waals surface area contributed by atoms with Gasteiger partial charge >= 0.3 is 0 Å². The minimum absolute atomic E-state index is 0.123. The molecule has 1 atom stereocenters. The monoisotopic (exact) mass is 304 g/mol. The average molecular weight is 304 g/mol. The average Bonchev–Trinajstić information content (AvgIpc) is 2.54. The summed E-state index contributed by atoms with van der Waals surface area (Å²) in [4.78, 5) is 17.0. The molecule has 0 aliphatic carbocycles. The van der Waals surface area contributed by atoms with Gasteiger partial charge in [-0.25, -0.2) is 0 Å². The summed E-state index contributed by atoms with van der Waals surface area (Å²) in [5.41, 5.74) is 2.29. The molecule has 0 saturated carbocycles. The number of carbonyl (C=O) groups is 1. The highest BCUT2D eigenvalue weighted by Gasteiger charge is 2.27. The van der Waals surface area contributed by atoms with Gasteiger partial charge in [-0.15, -0.1) is 0 Å². The van der Waals surface area contributed by atoms with Crippen LogP contribution in [0.15, 0.2) is 18.2 Å². The van der Waals surface area contributed by atoms with Crippen molar-refractivity contribution in [3.63, 3.8) is 0 Å². The lowest BCUT2D eigenvalue weighted by Gasteiger charge is -2.35. The number of piperazine rings is 1. The van der Waals surface area contributed by atoms with E-state index in [-0.39, 0.29) is 12.0 Å². The number of amides is 1. The maximum absolute atomic E-state index is 12.7. The largest absolute Gasteiger partial charge is 0.480 e. The third kappa shape index (κ3) is 4.01. The molecule has 4 nitrogen and oxygen atoms in total. The maximum atomic E-state index is 12.7. The predicted octanol–water partition coefficient (Wildman–Crippen LogP) is 2.62. The molecule has 1 aromatic carbocycles. The van der Waals surface area contributed by atoms with Gasteiger partial charge in [-0.1, -0.05) is 31.5 Å². The Balaban J connectivity index is 2.00. The summed E-state index contributed by atoms with van der Waals surface area (Å²) in [6, 6.07) is 6.09. The Bertz CT molecular complexity index is 508. The first-order chi connectivity index (χ1) is 10.5. The van der Waals surface area contributed by atoms with Crippen LogP contribution in [0.2, 0.25) is 0 Å². The van der Waals surface area contributed by atoms with Crippen LogP contribution in [0.25, 0.3) is 0 Å². The molecule has 0 N–H and O–H groups in total. The molecular weight excluding hydrogens is 276 g/mol. The zero-order chi connectivity index (χ0) is 16.1. The predicted molar refractivity (Wildman–Crippen MR) is 89.3 cm³/mol. The second kappa shape index (κ2) is 7.63. The van der Waals surface area contributed by atoms with E-state index in [2.05, 4.69) is 24.8 Å². The second-order valence-corrected chi connectivity index (χ2v) is 6.04. The molecule has 4 heteroatoms. The molecule has 0 bridgehead atoms. The number of benzene rings is 1. The van der Waals surface area contributed by atoms with E-state index in [0.29, 0.717) is 6.42 Å². The zero-order valence-electron chi connectivity index (χ0n) is 14.3. The van der Waals surface area contributed by atoms with Gasteiger partial charge in [0.05, 0.1) is 0 Å². The van der Waals surface area contributed by atoms with Gasteiger partial charge in [-0.3, -0.25) is 4.79 Å². The number of rotatable bonds is 5. The Kier molecular flexibility index (Phi) is 5.83. The third-order valence-corrected chi connectivity index (χ3v) is 4.38. The molecule has 1 aliphatic rings. The molecule has 1 saturated heterocycles. The van der Waals surface area contributed by atoms with E-state index >= 15 is 0 Å². The molecule has 1 fully saturated rings. The Labute approximate surface area is 134 Å². The van der Waals surface area contributed by atoms with Crippen molar-refractivity contribution >= 4 is 5.91 Å². The van der Waals surface area contributed by atoms with E-state index in [1.54, 1.807) is 0 Å². The highest BCUT2D eigenvalue weighted by molar-refractivity contribution is 5.81. The molecule has 1 unspecified atom stereocenters. The molecule has 1 amide bonds. The standard InChI is InChI=1S/C18H28N2O2/c1-5-16(22-17-8-7-14(3)13-15(17)4)18(21)20-11-9-19(6-2)10-12-20/h7-8,13,16H,5-6,9-12H2,1-4H3. The Morgan fingerprint density at radius 3 is 2.41 bits per heavy atom. The van der Waals surface area contributed by atoms with Crippen LogP contribution in [-0.4, -0.2) is 54.5 Å². The Morgan fingerprint density at radius 2 is 1.86 bits per heavy atom. The lowest BCUT2D eigenvalue weighted by Crippen LogP contribution is -2.52. The van der Waals surface area contributed by atoms with Crippen LogP contribution < -0.4 is 4.74 Å². The second-order valence-electron chi connectivity index (χ2n) is 6.04. The minimum Gasteiger partial charge on any atom is -0.480 e. The molecule has 22 heavy (non-hydrogen) atoms. The number of ether oxygens (including phenoxy) is 1. The highest BCUT2D eigenvalue weighted by atomic mass is 16.5. The molecule has 1 heterocycles. The SMILES string of the molecule is CCC(Oc1ccc(C)cc1C)C(=O)N1CCN(CC)CC1. The molecule has 122 valence electrons. The number of carbonyl (C=O) groups excluding carboxylic acids is 1. The van der Waals surface area contributed by atoms with Crippen LogP contribution in [0.1, 0.15) is 31.4 Å². The van der Waals surface area contributed by atoms with Crippen molar-refractivity contribution in [2.24, 2.45) is 0 Å². The summed E-state index contributed by atoms with van der Waals surface area (Å²) in [6.45, 7) is 12.8. The van der Waals surface area contributed by atoms with E-state index in [0.717, 1.165) is 44.0 Å². The molecule has 0 spiro atoms. The van der Waals surface area contributed by atoms with Gasteiger partial charge in [0.15, 0.2) is 6.10 Å². The van der Waals surface area contributed by atoms with Crippen LogP contribution in [0, 0.1) is 13.8 Å². The van der Waals surface area contributed by atoms with Crippen LogP contribution in [0.5, 0.6) is 5.75 Å². The highest BCUT2D eigenvalue weighted by Crippen LogP contribution is 2.21. The molecule has 1 aromatic rings. The molecule has 1 aliphatic heterocycles. The zero-order valence-corrected chi connectivity index (χ0v) is 14.3. The normalized spacial score (nSPS) is 17.4. The summed E-state index contributed by atoms with van der Waals surface area (Å²) < 4.78 is 6.01. The van der Waals surface area contributed by atoms with E-state index in [1.807, 2.05) is 30.9 Å². The van der Waals surface area contributed by atoms with E-state index < -0.39 is 0 Å². The topological polar surface area (TPSA) is 32.8 Å². The third-order valence-electron chi connectivity index (χ3n) is 4.38. The van der Waals surface area contributed by atoms with Gasteiger partial charge in [-0.2, -0.15) is 0 Å². The summed E-state index contributed by atoms with van der Waals surface area (Å²) in [5.74, 6) is 0.941. The van der Waals surface area contributed by atoms with Gasteiger partial charge in [0, 0.05) is 26.2 Å². The maximum Gasteiger partial charge on any atom is 0.263 e. The fraction of sp³-hybridized carbons (Fsp3) is 0.611. The van der Waals surface area contributed by atoms with Crippen LogP contribution in [0.4, 0.5) is 0 Å². The Morgan fingerprint density at radius 1 is 1.18 bits per heavy atom. The fourth-order valence-electron chi connectivity index (χ4n) is 2.88.